The van der Waals surface area contributed by atoms with Gasteiger partial charge in [-0.25, -0.2) is 4.98 Å². The van der Waals surface area contributed by atoms with Gasteiger partial charge in [0.1, 0.15) is 0 Å². The number of likely N-dealkylation sites (tertiary alicyclic amines) is 1. The van der Waals surface area contributed by atoms with Gasteiger partial charge in [0, 0.05) is 19.3 Å². The predicted octanol–water partition coefficient (Wildman–Crippen LogP) is 0.689. The third kappa shape index (κ3) is 2.83. The van der Waals surface area contributed by atoms with Crippen molar-refractivity contribution in [3.05, 3.63) is 24.0 Å². The SMILES string of the molecule is COC(=O)C1CCN(C(=O)c2ncccc2N)CC1. The highest BCUT2D eigenvalue weighted by molar-refractivity contribution is 5.97. The lowest BCUT2D eigenvalue weighted by atomic mass is 9.97. The summed E-state index contributed by atoms with van der Waals surface area (Å²) in [4.78, 5) is 29.3. The van der Waals surface area contributed by atoms with Crippen LogP contribution in [-0.4, -0.2) is 42.0 Å². The fraction of sp³-hybridized carbons (Fsp3) is 0.462. The normalized spacial score (nSPS) is 16.2. The molecule has 1 aliphatic heterocycles. The van der Waals surface area contributed by atoms with Crippen LogP contribution in [0.15, 0.2) is 18.3 Å². The van der Waals surface area contributed by atoms with Crippen LogP contribution in [0.4, 0.5) is 5.69 Å². The second-order valence-electron chi connectivity index (χ2n) is 4.53. The molecule has 0 atom stereocenters. The van der Waals surface area contributed by atoms with E-state index in [1.54, 1.807) is 23.2 Å². The number of hydrogen-bond acceptors (Lipinski definition) is 5. The number of hydrogen-bond donors (Lipinski definition) is 1. The van der Waals surface area contributed by atoms with Crippen LogP contribution in [0, 0.1) is 5.92 Å². The van der Waals surface area contributed by atoms with Gasteiger partial charge < -0.3 is 15.4 Å². The van der Waals surface area contributed by atoms with Gasteiger partial charge >= 0.3 is 5.97 Å². The minimum Gasteiger partial charge on any atom is -0.469 e. The van der Waals surface area contributed by atoms with Crippen LogP contribution in [0.25, 0.3) is 0 Å². The quantitative estimate of drug-likeness (QED) is 0.793. The van der Waals surface area contributed by atoms with Crippen molar-refractivity contribution in [1.82, 2.24) is 9.88 Å². The molecule has 1 fully saturated rings. The average Bonchev–Trinajstić information content (AvgIpc) is 2.46. The average molecular weight is 263 g/mol. The number of pyridine rings is 1. The van der Waals surface area contributed by atoms with Crippen LogP contribution in [0.5, 0.6) is 0 Å². The molecule has 1 amide bonds. The van der Waals surface area contributed by atoms with E-state index in [1.807, 2.05) is 0 Å². The summed E-state index contributed by atoms with van der Waals surface area (Å²) in [5.74, 6) is -0.499. The number of nitrogen functional groups attached to an aromatic ring is 1. The highest BCUT2D eigenvalue weighted by Gasteiger charge is 2.29. The number of carbonyl (C=O) groups is 2. The largest absolute Gasteiger partial charge is 0.469 e. The van der Waals surface area contributed by atoms with Gasteiger partial charge in [-0.15, -0.1) is 0 Å². The number of rotatable bonds is 2. The van der Waals surface area contributed by atoms with Gasteiger partial charge in [-0.2, -0.15) is 0 Å². The molecule has 0 saturated carbocycles. The molecule has 0 radical (unpaired) electrons. The maximum atomic E-state index is 12.2. The number of methoxy groups -OCH3 is 1. The van der Waals surface area contributed by atoms with Gasteiger partial charge in [0.15, 0.2) is 5.69 Å². The van der Waals surface area contributed by atoms with Gasteiger partial charge in [-0.1, -0.05) is 0 Å². The molecule has 1 aliphatic rings. The van der Waals surface area contributed by atoms with Crippen LogP contribution >= 0.6 is 0 Å². The molecule has 6 nitrogen and oxygen atoms in total. The number of carbonyl (C=O) groups excluding carboxylic acids is 2. The summed E-state index contributed by atoms with van der Waals surface area (Å²) >= 11 is 0. The number of ether oxygens (including phenoxy) is 1. The lowest BCUT2D eigenvalue weighted by molar-refractivity contribution is -0.146. The Morgan fingerprint density at radius 1 is 1.42 bits per heavy atom. The van der Waals surface area contributed by atoms with E-state index in [2.05, 4.69) is 4.98 Å². The molecule has 1 aromatic heterocycles. The summed E-state index contributed by atoms with van der Waals surface area (Å²) in [7, 11) is 1.38. The van der Waals surface area contributed by atoms with E-state index in [9.17, 15) is 9.59 Å². The number of piperidine rings is 1. The lowest BCUT2D eigenvalue weighted by Crippen LogP contribution is -2.41. The molecule has 0 unspecified atom stereocenters. The lowest BCUT2D eigenvalue weighted by Gasteiger charge is -2.30. The molecular weight excluding hydrogens is 246 g/mol. The van der Waals surface area contributed by atoms with Gasteiger partial charge in [-0.05, 0) is 25.0 Å². The smallest absolute Gasteiger partial charge is 0.308 e. The number of nitrogens with zero attached hydrogens (tertiary/aromatic N) is 2. The fourth-order valence-corrected chi connectivity index (χ4v) is 2.23. The first kappa shape index (κ1) is 13.3. The zero-order chi connectivity index (χ0) is 13.8. The van der Waals surface area contributed by atoms with Gasteiger partial charge in [0.05, 0.1) is 18.7 Å². The maximum Gasteiger partial charge on any atom is 0.308 e. The van der Waals surface area contributed by atoms with Crippen molar-refractivity contribution in [2.45, 2.75) is 12.8 Å². The molecule has 0 aliphatic carbocycles. The molecule has 2 rings (SSSR count). The van der Waals surface area contributed by atoms with Gasteiger partial charge in [0.25, 0.3) is 5.91 Å². The van der Waals surface area contributed by atoms with E-state index in [0.717, 1.165) is 0 Å². The molecule has 0 spiro atoms. The van der Waals surface area contributed by atoms with Crippen LogP contribution in [-0.2, 0) is 9.53 Å². The molecule has 1 aromatic rings. The van der Waals surface area contributed by atoms with Crippen molar-refractivity contribution in [1.29, 1.82) is 0 Å². The summed E-state index contributed by atoms with van der Waals surface area (Å²) in [5, 5.41) is 0. The number of esters is 1. The van der Waals surface area contributed by atoms with E-state index in [1.165, 1.54) is 7.11 Å². The van der Waals surface area contributed by atoms with Crippen molar-refractivity contribution >= 4 is 17.6 Å². The first-order chi connectivity index (χ1) is 9.13. The van der Waals surface area contributed by atoms with Crippen LogP contribution in [0.1, 0.15) is 23.3 Å². The van der Waals surface area contributed by atoms with Crippen molar-refractivity contribution in [2.24, 2.45) is 5.92 Å². The number of aromatic nitrogens is 1. The van der Waals surface area contributed by atoms with Crippen LogP contribution < -0.4 is 5.73 Å². The van der Waals surface area contributed by atoms with Crippen LogP contribution in [0.3, 0.4) is 0 Å². The molecular formula is C13H17N3O3. The van der Waals surface area contributed by atoms with Crippen molar-refractivity contribution in [3.8, 4) is 0 Å². The van der Waals surface area contributed by atoms with E-state index in [0.29, 0.717) is 31.6 Å². The first-order valence-corrected chi connectivity index (χ1v) is 6.21. The number of nitrogens with two attached hydrogens (primary N) is 1. The Labute approximate surface area is 111 Å². The van der Waals surface area contributed by atoms with Crippen molar-refractivity contribution in [2.75, 3.05) is 25.9 Å². The van der Waals surface area contributed by atoms with E-state index < -0.39 is 0 Å². The third-order valence-corrected chi connectivity index (χ3v) is 3.36. The van der Waals surface area contributed by atoms with Crippen molar-refractivity contribution in [3.63, 3.8) is 0 Å². The van der Waals surface area contributed by atoms with Crippen molar-refractivity contribution < 1.29 is 14.3 Å². The molecule has 2 heterocycles. The molecule has 6 heteroatoms. The van der Waals surface area contributed by atoms with Gasteiger partial charge in [0.2, 0.25) is 0 Å². The topological polar surface area (TPSA) is 85.5 Å². The number of anilines is 1. The minimum absolute atomic E-state index is 0.116. The molecule has 1 saturated heterocycles. The minimum atomic E-state index is -0.204. The summed E-state index contributed by atoms with van der Waals surface area (Å²) in [6.07, 6.45) is 2.78. The summed E-state index contributed by atoms with van der Waals surface area (Å²) in [5.41, 5.74) is 6.40. The summed E-state index contributed by atoms with van der Waals surface area (Å²) in [6, 6.07) is 3.34. The Hall–Kier alpha value is -2.11. The summed E-state index contributed by atoms with van der Waals surface area (Å²) in [6.45, 7) is 1.04. The second-order valence-corrected chi connectivity index (χ2v) is 4.53. The van der Waals surface area contributed by atoms with Crippen LogP contribution in [0.2, 0.25) is 0 Å². The molecule has 19 heavy (non-hydrogen) atoms. The van der Waals surface area contributed by atoms with E-state index in [4.69, 9.17) is 10.5 Å². The Morgan fingerprint density at radius 2 is 2.11 bits per heavy atom. The standard InChI is InChI=1S/C13H17N3O3/c1-19-13(18)9-4-7-16(8-5-9)12(17)11-10(14)3-2-6-15-11/h2-3,6,9H,4-5,7-8,14H2,1H3. The molecule has 2 N–H and O–H groups in total. The zero-order valence-corrected chi connectivity index (χ0v) is 10.8. The monoisotopic (exact) mass is 263 g/mol. The Bertz CT molecular complexity index is 482. The zero-order valence-electron chi connectivity index (χ0n) is 10.8. The molecule has 102 valence electrons. The third-order valence-electron chi connectivity index (χ3n) is 3.36. The van der Waals surface area contributed by atoms with E-state index in [-0.39, 0.29) is 23.5 Å². The maximum absolute atomic E-state index is 12.2. The first-order valence-electron chi connectivity index (χ1n) is 6.21. The summed E-state index contributed by atoms with van der Waals surface area (Å²) < 4.78 is 4.71. The van der Waals surface area contributed by atoms with E-state index >= 15 is 0 Å². The molecule has 0 aromatic carbocycles. The Morgan fingerprint density at radius 3 is 2.68 bits per heavy atom. The fourth-order valence-electron chi connectivity index (χ4n) is 2.23. The second kappa shape index (κ2) is 5.69. The highest BCUT2D eigenvalue weighted by atomic mass is 16.5. The number of amides is 1. The van der Waals surface area contributed by atoms with Gasteiger partial charge in [-0.3, -0.25) is 9.59 Å². The predicted molar refractivity (Wildman–Crippen MR) is 69.3 cm³/mol. The highest BCUT2D eigenvalue weighted by Crippen LogP contribution is 2.20. The Balaban J connectivity index is 2.00. The molecule has 0 bridgehead atoms. The Kier molecular flexibility index (Phi) is 3.99.